The van der Waals surface area contributed by atoms with E-state index in [1.54, 1.807) is 24.5 Å². The number of hydrogen-bond acceptors (Lipinski definition) is 5. The van der Waals surface area contributed by atoms with Crippen molar-refractivity contribution in [3.63, 3.8) is 0 Å². The summed E-state index contributed by atoms with van der Waals surface area (Å²) >= 11 is 0. The molecule has 0 saturated carbocycles. The molecule has 1 aliphatic heterocycles. The monoisotopic (exact) mass is 404 g/mol. The zero-order valence-electron chi connectivity index (χ0n) is 17.5. The molecule has 0 aliphatic carbocycles. The summed E-state index contributed by atoms with van der Waals surface area (Å²) < 4.78 is 6.05. The summed E-state index contributed by atoms with van der Waals surface area (Å²) in [7, 11) is 0. The van der Waals surface area contributed by atoms with Crippen molar-refractivity contribution >= 4 is 16.8 Å². The molecule has 1 fully saturated rings. The van der Waals surface area contributed by atoms with E-state index in [4.69, 9.17) is 4.74 Å². The molecule has 6 heteroatoms. The minimum absolute atomic E-state index is 0.165. The van der Waals surface area contributed by atoms with Gasteiger partial charge in [-0.1, -0.05) is 6.07 Å². The number of likely N-dealkylation sites (tertiary alicyclic amines) is 1. The van der Waals surface area contributed by atoms with Gasteiger partial charge in [0.1, 0.15) is 17.2 Å². The first-order valence-corrected chi connectivity index (χ1v) is 10.6. The molecule has 1 aromatic carbocycles. The fourth-order valence-electron chi connectivity index (χ4n) is 3.95. The minimum atomic E-state index is -0.165. The van der Waals surface area contributed by atoms with Gasteiger partial charge in [0, 0.05) is 43.0 Å². The van der Waals surface area contributed by atoms with Gasteiger partial charge in [0.15, 0.2) is 0 Å². The summed E-state index contributed by atoms with van der Waals surface area (Å²) in [4.78, 5) is 23.7. The third-order valence-corrected chi connectivity index (χ3v) is 5.63. The van der Waals surface area contributed by atoms with Crippen molar-refractivity contribution in [3.05, 3.63) is 60.6 Å². The SMILES string of the molecule is CC(C)N1CCC[C@H](CNC(=O)c2cc(Oc3cccc4ncccc34)ccn2)C1. The third-order valence-electron chi connectivity index (χ3n) is 5.63. The van der Waals surface area contributed by atoms with Crippen LogP contribution in [0.15, 0.2) is 54.9 Å². The van der Waals surface area contributed by atoms with Gasteiger partial charge in [-0.05, 0) is 69.5 Å². The number of carbonyl (C=O) groups excluding carboxylic acids is 1. The highest BCUT2D eigenvalue weighted by Gasteiger charge is 2.22. The van der Waals surface area contributed by atoms with Crippen LogP contribution in [0.25, 0.3) is 10.9 Å². The van der Waals surface area contributed by atoms with Gasteiger partial charge in [-0.25, -0.2) is 0 Å². The highest BCUT2D eigenvalue weighted by atomic mass is 16.5. The van der Waals surface area contributed by atoms with Crippen LogP contribution in [0.5, 0.6) is 11.5 Å². The summed E-state index contributed by atoms with van der Waals surface area (Å²) in [5.74, 6) is 1.60. The van der Waals surface area contributed by atoms with Gasteiger partial charge < -0.3 is 15.0 Å². The third kappa shape index (κ3) is 4.76. The average molecular weight is 405 g/mol. The largest absolute Gasteiger partial charge is 0.457 e. The van der Waals surface area contributed by atoms with E-state index in [-0.39, 0.29) is 5.91 Å². The Morgan fingerprint density at radius 1 is 1.20 bits per heavy atom. The number of nitrogens with zero attached hydrogens (tertiary/aromatic N) is 3. The molecule has 3 heterocycles. The quantitative estimate of drug-likeness (QED) is 0.664. The number of nitrogens with one attached hydrogen (secondary N) is 1. The second-order valence-corrected chi connectivity index (χ2v) is 8.11. The first-order valence-electron chi connectivity index (χ1n) is 10.6. The fourth-order valence-corrected chi connectivity index (χ4v) is 3.95. The maximum atomic E-state index is 12.7. The molecule has 4 rings (SSSR count). The van der Waals surface area contributed by atoms with E-state index in [1.165, 1.54) is 6.42 Å². The number of carbonyl (C=O) groups is 1. The Bertz CT molecular complexity index is 1020. The highest BCUT2D eigenvalue weighted by molar-refractivity contribution is 5.92. The van der Waals surface area contributed by atoms with Gasteiger partial charge in [-0.2, -0.15) is 0 Å². The van der Waals surface area contributed by atoms with E-state index >= 15 is 0 Å². The molecule has 1 amide bonds. The minimum Gasteiger partial charge on any atom is -0.457 e. The number of rotatable bonds is 6. The van der Waals surface area contributed by atoms with Crippen LogP contribution in [-0.4, -0.2) is 46.5 Å². The molecule has 3 aromatic rings. The summed E-state index contributed by atoms with van der Waals surface area (Å²) in [6.07, 6.45) is 5.69. The highest BCUT2D eigenvalue weighted by Crippen LogP contribution is 2.28. The molecule has 30 heavy (non-hydrogen) atoms. The molecular formula is C24H28N4O2. The molecule has 0 radical (unpaired) electrons. The van der Waals surface area contributed by atoms with E-state index in [9.17, 15) is 4.79 Å². The number of benzene rings is 1. The Labute approximate surface area is 177 Å². The lowest BCUT2D eigenvalue weighted by molar-refractivity contribution is 0.0917. The van der Waals surface area contributed by atoms with Gasteiger partial charge >= 0.3 is 0 Å². The van der Waals surface area contributed by atoms with E-state index in [0.717, 1.165) is 30.4 Å². The molecule has 0 spiro atoms. The molecule has 156 valence electrons. The zero-order valence-corrected chi connectivity index (χ0v) is 17.5. The molecule has 2 aromatic heterocycles. The van der Waals surface area contributed by atoms with Crippen molar-refractivity contribution < 1.29 is 9.53 Å². The van der Waals surface area contributed by atoms with E-state index in [0.29, 0.717) is 35.7 Å². The lowest BCUT2D eigenvalue weighted by Crippen LogP contribution is -2.43. The van der Waals surface area contributed by atoms with Crippen molar-refractivity contribution in [1.29, 1.82) is 0 Å². The predicted molar refractivity (Wildman–Crippen MR) is 118 cm³/mol. The van der Waals surface area contributed by atoms with Crippen LogP contribution < -0.4 is 10.1 Å². The summed E-state index contributed by atoms with van der Waals surface area (Å²) in [5.41, 5.74) is 1.23. The first kappa shape index (κ1) is 20.3. The maximum Gasteiger partial charge on any atom is 0.270 e. The summed E-state index contributed by atoms with van der Waals surface area (Å²) in [5, 5.41) is 3.98. The molecule has 0 unspecified atom stereocenters. The van der Waals surface area contributed by atoms with Crippen molar-refractivity contribution in [2.45, 2.75) is 32.7 Å². The van der Waals surface area contributed by atoms with Gasteiger partial charge in [-0.3, -0.25) is 14.8 Å². The lowest BCUT2D eigenvalue weighted by atomic mass is 9.97. The van der Waals surface area contributed by atoms with Crippen LogP contribution in [-0.2, 0) is 0 Å². The smallest absolute Gasteiger partial charge is 0.270 e. The Kier molecular flexibility index (Phi) is 6.23. The molecule has 1 aliphatic rings. The Morgan fingerprint density at radius 3 is 2.97 bits per heavy atom. The summed E-state index contributed by atoms with van der Waals surface area (Å²) in [6.45, 7) is 7.30. The van der Waals surface area contributed by atoms with Crippen LogP contribution in [0.4, 0.5) is 0 Å². The van der Waals surface area contributed by atoms with Gasteiger partial charge in [0.05, 0.1) is 5.52 Å². The fraction of sp³-hybridized carbons (Fsp3) is 0.375. The zero-order chi connectivity index (χ0) is 20.9. The maximum absolute atomic E-state index is 12.7. The first-order chi connectivity index (χ1) is 14.6. The van der Waals surface area contributed by atoms with Crippen LogP contribution in [0.3, 0.4) is 0 Å². The van der Waals surface area contributed by atoms with Gasteiger partial charge in [0.25, 0.3) is 5.91 Å². The Hall–Kier alpha value is -2.99. The van der Waals surface area contributed by atoms with Crippen LogP contribution in [0.2, 0.25) is 0 Å². The molecule has 0 bridgehead atoms. The number of fused-ring (bicyclic) bond motifs is 1. The molecule has 6 nitrogen and oxygen atoms in total. The van der Waals surface area contributed by atoms with Crippen molar-refractivity contribution in [3.8, 4) is 11.5 Å². The summed E-state index contributed by atoms with van der Waals surface area (Å²) in [6, 6.07) is 13.6. The van der Waals surface area contributed by atoms with E-state index < -0.39 is 0 Å². The van der Waals surface area contributed by atoms with E-state index in [2.05, 4.69) is 34.0 Å². The molecule has 1 atom stereocenters. The average Bonchev–Trinajstić information content (AvgIpc) is 2.78. The number of aromatic nitrogens is 2. The second-order valence-electron chi connectivity index (χ2n) is 8.11. The van der Waals surface area contributed by atoms with Crippen LogP contribution in [0, 0.1) is 5.92 Å². The predicted octanol–water partition coefficient (Wildman–Crippen LogP) is 4.27. The van der Waals surface area contributed by atoms with Gasteiger partial charge in [-0.15, -0.1) is 0 Å². The second kappa shape index (κ2) is 9.22. The lowest BCUT2D eigenvalue weighted by Gasteiger charge is -2.35. The molecular weight excluding hydrogens is 376 g/mol. The molecule has 1 saturated heterocycles. The molecule has 1 N–H and O–H groups in total. The number of hydrogen-bond donors (Lipinski definition) is 1. The standard InChI is InChI=1S/C24H28N4O2/c1-17(2)28-13-5-6-18(16-28)15-27-24(29)22-14-19(10-12-26-22)30-23-9-3-8-21-20(23)7-4-11-25-21/h3-4,7-12,14,17-18H,5-6,13,15-16H2,1-2H3,(H,27,29)/t18-/m1/s1. The van der Waals surface area contributed by atoms with Gasteiger partial charge in [0.2, 0.25) is 0 Å². The Morgan fingerprint density at radius 2 is 2.10 bits per heavy atom. The number of ether oxygens (including phenoxy) is 1. The number of piperidine rings is 1. The van der Waals surface area contributed by atoms with Crippen LogP contribution >= 0.6 is 0 Å². The van der Waals surface area contributed by atoms with Crippen molar-refractivity contribution in [2.75, 3.05) is 19.6 Å². The number of amides is 1. The van der Waals surface area contributed by atoms with Crippen molar-refractivity contribution in [1.82, 2.24) is 20.2 Å². The topological polar surface area (TPSA) is 67.4 Å². The Balaban J connectivity index is 1.41. The van der Waals surface area contributed by atoms with E-state index in [1.807, 2.05) is 30.3 Å². The number of pyridine rings is 2. The van der Waals surface area contributed by atoms with Crippen molar-refractivity contribution in [2.24, 2.45) is 5.92 Å². The normalized spacial score (nSPS) is 17.2. The van der Waals surface area contributed by atoms with Crippen LogP contribution in [0.1, 0.15) is 37.2 Å².